The summed E-state index contributed by atoms with van der Waals surface area (Å²) in [6.07, 6.45) is 0. The Morgan fingerprint density at radius 1 is 0.962 bits per heavy atom. The van der Waals surface area contributed by atoms with Crippen molar-refractivity contribution in [1.82, 2.24) is 9.97 Å². The van der Waals surface area contributed by atoms with Crippen molar-refractivity contribution < 1.29 is 18.0 Å². The molecule has 1 amide bonds. The van der Waals surface area contributed by atoms with E-state index in [4.69, 9.17) is 0 Å². The van der Waals surface area contributed by atoms with Gasteiger partial charge in [0.25, 0.3) is 5.91 Å². The molecule has 0 aliphatic heterocycles. The fourth-order valence-electron chi connectivity index (χ4n) is 2.24. The summed E-state index contributed by atoms with van der Waals surface area (Å²) in [6.45, 7) is 1.58. The van der Waals surface area contributed by atoms with E-state index in [-0.39, 0.29) is 23.0 Å². The zero-order valence-corrected chi connectivity index (χ0v) is 13.6. The number of hydrogen-bond donors (Lipinski definition) is 2. The Morgan fingerprint density at radius 3 is 2.46 bits per heavy atom. The highest BCUT2D eigenvalue weighted by molar-refractivity contribution is 6.03. The predicted molar refractivity (Wildman–Crippen MR) is 90.8 cm³/mol. The van der Waals surface area contributed by atoms with Crippen LogP contribution in [0.5, 0.6) is 0 Å². The number of anilines is 3. The Labute approximate surface area is 146 Å². The number of amides is 1. The minimum Gasteiger partial charge on any atom is -0.340 e. The van der Waals surface area contributed by atoms with E-state index < -0.39 is 23.4 Å². The summed E-state index contributed by atoms with van der Waals surface area (Å²) in [6, 6.07) is 9.87. The average molecular weight is 358 g/mol. The van der Waals surface area contributed by atoms with Crippen molar-refractivity contribution in [3.63, 3.8) is 0 Å². The quantitative estimate of drug-likeness (QED) is 0.734. The van der Waals surface area contributed by atoms with Crippen LogP contribution in [0.1, 0.15) is 16.3 Å². The summed E-state index contributed by atoms with van der Waals surface area (Å²) in [5, 5.41) is 5.19. The lowest BCUT2D eigenvalue weighted by Gasteiger charge is -2.10. The molecule has 0 fully saturated rings. The van der Waals surface area contributed by atoms with Crippen LogP contribution in [0.3, 0.4) is 0 Å². The van der Waals surface area contributed by atoms with Gasteiger partial charge in [0.2, 0.25) is 0 Å². The SMILES string of the molecule is Cc1nc(Nc2cccc(F)c2)cc(C(=O)Nc2ccc(F)cc2F)n1. The molecule has 1 heterocycles. The molecule has 2 N–H and O–H groups in total. The second kappa shape index (κ2) is 7.22. The molecule has 26 heavy (non-hydrogen) atoms. The number of hydrogen-bond acceptors (Lipinski definition) is 4. The number of aromatic nitrogens is 2. The smallest absolute Gasteiger partial charge is 0.274 e. The highest BCUT2D eigenvalue weighted by atomic mass is 19.1. The fourth-order valence-corrected chi connectivity index (χ4v) is 2.24. The van der Waals surface area contributed by atoms with Crippen LogP contribution >= 0.6 is 0 Å². The number of halogens is 3. The van der Waals surface area contributed by atoms with E-state index >= 15 is 0 Å². The van der Waals surface area contributed by atoms with Gasteiger partial charge in [0.1, 0.15) is 34.8 Å². The lowest BCUT2D eigenvalue weighted by molar-refractivity contribution is 0.102. The second-order valence-electron chi connectivity index (χ2n) is 5.40. The zero-order chi connectivity index (χ0) is 18.7. The van der Waals surface area contributed by atoms with Crippen molar-refractivity contribution in [3.8, 4) is 0 Å². The van der Waals surface area contributed by atoms with Gasteiger partial charge in [-0.25, -0.2) is 23.1 Å². The highest BCUT2D eigenvalue weighted by Gasteiger charge is 2.14. The summed E-state index contributed by atoms with van der Waals surface area (Å²) in [4.78, 5) is 20.4. The Kier molecular flexibility index (Phi) is 4.83. The Bertz CT molecular complexity index is 978. The molecule has 0 unspecified atom stereocenters. The van der Waals surface area contributed by atoms with E-state index in [9.17, 15) is 18.0 Å². The van der Waals surface area contributed by atoms with E-state index in [0.717, 1.165) is 12.1 Å². The normalized spacial score (nSPS) is 10.5. The number of carbonyl (C=O) groups is 1. The van der Waals surface area contributed by atoms with Gasteiger partial charge in [-0.05, 0) is 37.3 Å². The first kappa shape index (κ1) is 17.4. The van der Waals surface area contributed by atoms with Crippen molar-refractivity contribution in [2.75, 3.05) is 10.6 Å². The number of nitrogens with zero attached hydrogens (tertiary/aromatic N) is 2. The van der Waals surface area contributed by atoms with Crippen LogP contribution in [0.25, 0.3) is 0 Å². The maximum Gasteiger partial charge on any atom is 0.274 e. The molecule has 0 radical (unpaired) electrons. The van der Waals surface area contributed by atoms with E-state index in [0.29, 0.717) is 11.8 Å². The van der Waals surface area contributed by atoms with Gasteiger partial charge in [0, 0.05) is 17.8 Å². The number of nitrogens with one attached hydrogen (secondary N) is 2. The van der Waals surface area contributed by atoms with E-state index in [2.05, 4.69) is 20.6 Å². The summed E-state index contributed by atoms with van der Waals surface area (Å²) in [5.41, 5.74) is 0.242. The largest absolute Gasteiger partial charge is 0.340 e. The first-order valence-corrected chi connectivity index (χ1v) is 7.55. The Balaban J connectivity index is 1.83. The molecule has 132 valence electrons. The Morgan fingerprint density at radius 2 is 1.73 bits per heavy atom. The molecule has 0 bridgehead atoms. The minimum absolute atomic E-state index is 0.0277. The summed E-state index contributed by atoms with van der Waals surface area (Å²) < 4.78 is 39.9. The summed E-state index contributed by atoms with van der Waals surface area (Å²) in [7, 11) is 0. The number of aryl methyl sites for hydroxylation is 1. The number of benzene rings is 2. The van der Waals surface area contributed by atoms with Gasteiger partial charge >= 0.3 is 0 Å². The van der Waals surface area contributed by atoms with Crippen molar-refractivity contribution in [2.24, 2.45) is 0 Å². The van der Waals surface area contributed by atoms with Gasteiger partial charge in [0.05, 0.1) is 5.69 Å². The van der Waals surface area contributed by atoms with Gasteiger partial charge in [-0.3, -0.25) is 4.79 Å². The van der Waals surface area contributed by atoms with Gasteiger partial charge in [-0.2, -0.15) is 0 Å². The number of rotatable bonds is 4. The maximum atomic E-state index is 13.7. The molecule has 3 aromatic rings. The van der Waals surface area contributed by atoms with Gasteiger partial charge < -0.3 is 10.6 Å². The topological polar surface area (TPSA) is 66.9 Å². The van der Waals surface area contributed by atoms with E-state index in [1.165, 1.54) is 24.3 Å². The molecular weight excluding hydrogens is 345 g/mol. The molecule has 0 aliphatic rings. The molecule has 5 nitrogen and oxygen atoms in total. The van der Waals surface area contributed by atoms with Crippen LogP contribution in [0.15, 0.2) is 48.5 Å². The molecule has 0 saturated carbocycles. The third-order valence-electron chi connectivity index (χ3n) is 3.35. The first-order chi connectivity index (χ1) is 12.4. The maximum absolute atomic E-state index is 13.7. The molecule has 0 atom stereocenters. The lowest BCUT2D eigenvalue weighted by atomic mass is 10.2. The van der Waals surface area contributed by atoms with E-state index in [1.54, 1.807) is 13.0 Å². The van der Waals surface area contributed by atoms with Crippen molar-refractivity contribution in [1.29, 1.82) is 0 Å². The second-order valence-corrected chi connectivity index (χ2v) is 5.40. The first-order valence-electron chi connectivity index (χ1n) is 7.55. The molecule has 0 aliphatic carbocycles. The highest BCUT2D eigenvalue weighted by Crippen LogP contribution is 2.19. The van der Waals surface area contributed by atoms with Crippen molar-refractivity contribution in [2.45, 2.75) is 6.92 Å². The lowest BCUT2D eigenvalue weighted by Crippen LogP contribution is -2.16. The third kappa shape index (κ3) is 4.15. The Hall–Kier alpha value is -3.42. The van der Waals surface area contributed by atoms with Crippen molar-refractivity contribution >= 4 is 23.1 Å². The van der Waals surface area contributed by atoms with Crippen molar-refractivity contribution in [3.05, 3.63) is 77.5 Å². The summed E-state index contributed by atoms with van der Waals surface area (Å²) in [5.74, 6) is -2.21. The molecule has 1 aromatic heterocycles. The van der Waals surface area contributed by atoms with Crippen LogP contribution in [-0.2, 0) is 0 Å². The van der Waals surface area contributed by atoms with Crippen LogP contribution in [0.4, 0.5) is 30.4 Å². The van der Waals surface area contributed by atoms with Gasteiger partial charge in [0.15, 0.2) is 0 Å². The molecule has 0 spiro atoms. The molecule has 3 rings (SSSR count). The fraction of sp³-hybridized carbons (Fsp3) is 0.0556. The number of carbonyl (C=O) groups excluding carboxylic acids is 1. The van der Waals surface area contributed by atoms with Crippen LogP contribution in [0.2, 0.25) is 0 Å². The van der Waals surface area contributed by atoms with E-state index in [1.807, 2.05) is 0 Å². The molecular formula is C18H13F3N4O. The van der Waals surface area contributed by atoms with Crippen LogP contribution in [-0.4, -0.2) is 15.9 Å². The molecule has 2 aromatic carbocycles. The zero-order valence-electron chi connectivity index (χ0n) is 13.6. The third-order valence-corrected chi connectivity index (χ3v) is 3.35. The van der Waals surface area contributed by atoms with Crippen LogP contribution < -0.4 is 10.6 Å². The monoisotopic (exact) mass is 358 g/mol. The summed E-state index contributed by atoms with van der Waals surface area (Å²) >= 11 is 0. The van der Waals surface area contributed by atoms with Gasteiger partial charge in [-0.1, -0.05) is 6.07 Å². The predicted octanol–water partition coefficient (Wildman–Crippen LogP) is 4.20. The average Bonchev–Trinajstić information content (AvgIpc) is 2.57. The minimum atomic E-state index is -0.901. The molecule has 0 saturated heterocycles. The van der Waals surface area contributed by atoms with Gasteiger partial charge in [-0.15, -0.1) is 0 Å². The standard InChI is InChI=1S/C18H13F3N4O/c1-10-22-16(18(26)25-15-6-5-12(20)8-14(15)21)9-17(23-10)24-13-4-2-3-11(19)7-13/h2-9H,1H3,(H,25,26)(H,22,23,24). The van der Waals surface area contributed by atoms with Crippen LogP contribution in [0, 0.1) is 24.4 Å². The molecule has 8 heteroatoms.